The van der Waals surface area contributed by atoms with Crippen LogP contribution in [0.25, 0.3) is 6.08 Å². The Kier molecular flexibility index (Phi) is 7.49. The largest absolute Gasteiger partial charge is 0.497 e. The standard InChI is InChI=1S/C26H28N2O4/c1-5-23(20-9-8-17(2)18(3)15-20)27-26(30)24(16-22-7-6-14-32-22)28-25(29)19-10-12-21(31-4)13-11-19/h6-16,23H,5H2,1-4H3,(H,27,30)(H,28,29)/b24-16-/t23-/m0/s1. The smallest absolute Gasteiger partial charge is 0.268 e. The zero-order chi connectivity index (χ0) is 23.1. The molecule has 1 aromatic heterocycles. The normalized spacial score (nSPS) is 12.2. The van der Waals surface area contributed by atoms with E-state index in [0.29, 0.717) is 23.5 Å². The second-order valence-electron chi connectivity index (χ2n) is 7.53. The van der Waals surface area contributed by atoms with Crippen LogP contribution in [0.3, 0.4) is 0 Å². The van der Waals surface area contributed by atoms with Crippen LogP contribution in [-0.4, -0.2) is 18.9 Å². The maximum Gasteiger partial charge on any atom is 0.268 e. The molecule has 32 heavy (non-hydrogen) atoms. The molecule has 0 unspecified atom stereocenters. The molecule has 1 heterocycles. The lowest BCUT2D eigenvalue weighted by atomic mass is 9.99. The van der Waals surface area contributed by atoms with Gasteiger partial charge in [0.05, 0.1) is 19.4 Å². The van der Waals surface area contributed by atoms with Crippen molar-refractivity contribution in [2.24, 2.45) is 0 Å². The maximum absolute atomic E-state index is 13.2. The van der Waals surface area contributed by atoms with Crippen molar-refractivity contribution in [1.82, 2.24) is 10.6 Å². The molecule has 0 bridgehead atoms. The van der Waals surface area contributed by atoms with Gasteiger partial charge in [-0.1, -0.05) is 25.1 Å². The quantitative estimate of drug-likeness (QED) is 0.494. The maximum atomic E-state index is 13.2. The monoisotopic (exact) mass is 432 g/mol. The molecule has 2 amide bonds. The molecule has 0 spiro atoms. The predicted molar refractivity (Wildman–Crippen MR) is 124 cm³/mol. The average Bonchev–Trinajstić information content (AvgIpc) is 3.32. The zero-order valence-corrected chi connectivity index (χ0v) is 18.8. The summed E-state index contributed by atoms with van der Waals surface area (Å²) in [4.78, 5) is 26.0. The molecule has 6 heteroatoms. The number of carbonyl (C=O) groups is 2. The summed E-state index contributed by atoms with van der Waals surface area (Å²) in [6, 6.07) is 16.0. The molecule has 3 aromatic rings. The van der Waals surface area contributed by atoms with E-state index in [1.54, 1.807) is 43.5 Å². The second-order valence-corrected chi connectivity index (χ2v) is 7.53. The molecule has 0 fully saturated rings. The number of furan rings is 1. The van der Waals surface area contributed by atoms with Crippen LogP contribution < -0.4 is 15.4 Å². The van der Waals surface area contributed by atoms with Gasteiger partial charge in [0.1, 0.15) is 17.2 Å². The fourth-order valence-electron chi connectivity index (χ4n) is 3.25. The first-order valence-electron chi connectivity index (χ1n) is 10.5. The van der Waals surface area contributed by atoms with Crippen molar-refractivity contribution >= 4 is 17.9 Å². The van der Waals surface area contributed by atoms with Crippen LogP contribution in [0.5, 0.6) is 5.75 Å². The van der Waals surface area contributed by atoms with Crippen molar-refractivity contribution in [1.29, 1.82) is 0 Å². The van der Waals surface area contributed by atoms with Gasteiger partial charge in [0, 0.05) is 11.6 Å². The van der Waals surface area contributed by atoms with Crippen LogP contribution >= 0.6 is 0 Å². The highest BCUT2D eigenvalue weighted by molar-refractivity contribution is 6.05. The summed E-state index contributed by atoms with van der Waals surface area (Å²) in [6.07, 6.45) is 3.73. The first kappa shape index (κ1) is 22.9. The predicted octanol–water partition coefficient (Wildman–Crippen LogP) is 4.94. The van der Waals surface area contributed by atoms with E-state index in [1.165, 1.54) is 17.9 Å². The van der Waals surface area contributed by atoms with E-state index in [1.807, 2.05) is 26.0 Å². The first-order chi connectivity index (χ1) is 15.4. The lowest BCUT2D eigenvalue weighted by Gasteiger charge is -2.20. The molecular formula is C26H28N2O4. The van der Waals surface area contributed by atoms with Gasteiger partial charge in [-0.25, -0.2) is 0 Å². The minimum absolute atomic E-state index is 0.100. The number of carbonyl (C=O) groups excluding carboxylic acids is 2. The van der Waals surface area contributed by atoms with E-state index in [9.17, 15) is 9.59 Å². The van der Waals surface area contributed by atoms with Crippen molar-refractivity contribution in [3.63, 3.8) is 0 Å². The van der Waals surface area contributed by atoms with Crippen LogP contribution in [0.2, 0.25) is 0 Å². The minimum Gasteiger partial charge on any atom is -0.497 e. The van der Waals surface area contributed by atoms with Crippen molar-refractivity contribution in [2.75, 3.05) is 7.11 Å². The van der Waals surface area contributed by atoms with E-state index in [2.05, 4.69) is 23.6 Å². The summed E-state index contributed by atoms with van der Waals surface area (Å²) in [5, 5.41) is 5.75. The molecule has 2 aromatic carbocycles. The van der Waals surface area contributed by atoms with E-state index in [0.717, 1.165) is 11.1 Å². The molecular weight excluding hydrogens is 404 g/mol. The van der Waals surface area contributed by atoms with Crippen molar-refractivity contribution in [3.8, 4) is 5.75 Å². The van der Waals surface area contributed by atoms with Crippen LogP contribution in [0.15, 0.2) is 71.0 Å². The number of ether oxygens (including phenoxy) is 1. The van der Waals surface area contributed by atoms with Crippen LogP contribution in [-0.2, 0) is 4.79 Å². The van der Waals surface area contributed by atoms with Gasteiger partial charge in [0.15, 0.2) is 0 Å². The molecule has 0 aliphatic carbocycles. The fraction of sp³-hybridized carbons (Fsp3) is 0.231. The van der Waals surface area contributed by atoms with Crippen molar-refractivity contribution in [2.45, 2.75) is 33.2 Å². The van der Waals surface area contributed by atoms with Crippen molar-refractivity contribution < 1.29 is 18.7 Å². The molecule has 0 aliphatic rings. The topological polar surface area (TPSA) is 80.6 Å². The summed E-state index contributed by atoms with van der Waals surface area (Å²) in [6.45, 7) is 6.11. The molecule has 0 radical (unpaired) electrons. The second kappa shape index (κ2) is 10.5. The number of hydrogen-bond acceptors (Lipinski definition) is 4. The van der Waals surface area contributed by atoms with E-state index in [-0.39, 0.29) is 11.7 Å². The van der Waals surface area contributed by atoms with E-state index < -0.39 is 11.8 Å². The van der Waals surface area contributed by atoms with Crippen LogP contribution in [0.4, 0.5) is 0 Å². The summed E-state index contributed by atoms with van der Waals surface area (Å²) in [5.74, 6) is 0.308. The van der Waals surface area contributed by atoms with Crippen LogP contribution in [0, 0.1) is 13.8 Å². The lowest BCUT2D eigenvalue weighted by Crippen LogP contribution is -2.36. The molecule has 3 rings (SSSR count). The van der Waals surface area contributed by atoms with Gasteiger partial charge in [-0.05, 0) is 73.4 Å². The number of hydrogen-bond donors (Lipinski definition) is 2. The Balaban J connectivity index is 1.83. The highest BCUT2D eigenvalue weighted by Gasteiger charge is 2.19. The number of rotatable bonds is 8. The number of aryl methyl sites for hydroxylation is 2. The number of benzene rings is 2. The van der Waals surface area contributed by atoms with Gasteiger partial charge in [-0.3, -0.25) is 9.59 Å². The molecule has 2 N–H and O–H groups in total. The average molecular weight is 433 g/mol. The van der Waals surface area contributed by atoms with Crippen molar-refractivity contribution in [3.05, 3.63) is 94.6 Å². The third-order valence-corrected chi connectivity index (χ3v) is 5.32. The van der Waals surface area contributed by atoms with Gasteiger partial charge in [-0.2, -0.15) is 0 Å². The highest BCUT2D eigenvalue weighted by Crippen LogP contribution is 2.21. The summed E-state index contributed by atoms with van der Waals surface area (Å²) >= 11 is 0. The molecule has 0 saturated carbocycles. The molecule has 166 valence electrons. The van der Waals surface area contributed by atoms with E-state index in [4.69, 9.17) is 9.15 Å². The van der Waals surface area contributed by atoms with Gasteiger partial charge >= 0.3 is 0 Å². The first-order valence-corrected chi connectivity index (χ1v) is 10.5. The Bertz CT molecular complexity index is 1100. The summed E-state index contributed by atoms with van der Waals surface area (Å²) < 4.78 is 10.5. The third kappa shape index (κ3) is 5.66. The third-order valence-electron chi connectivity index (χ3n) is 5.32. The van der Waals surface area contributed by atoms with Crippen LogP contribution in [0.1, 0.15) is 52.2 Å². The zero-order valence-electron chi connectivity index (χ0n) is 18.8. The molecule has 6 nitrogen and oxygen atoms in total. The molecule has 0 aliphatic heterocycles. The van der Waals surface area contributed by atoms with E-state index >= 15 is 0 Å². The molecule has 1 atom stereocenters. The van der Waals surface area contributed by atoms with Gasteiger partial charge in [0.25, 0.3) is 11.8 Å². The van der Waals surface area contributed by atoms with Gasteiger partial charge < -0.3 is 19.8 Å². The fourth-order valence-corrected chi connectivity index (χ4v) is 3.25. The molecule has 0 saturated heterocycles. The number of nitrogens with one attached hydrogen (secondary N) is 2. The summed E-state index contributed by atoms with van der Waals surface area (Å²) in [7, 11) is 1.56. The lowest BCUT2D eigenvalue weighted by molar-refractivity contribution is -0.118. The highest BCUT2D eigenvalue weighted by atomic mass is 16.5. The number of amides is 2. The Morgan fingerprint density at radius 1 is 1.06 bits per heavy atom. The van der Waals surface area contributed by atoms with Gasteiger partial charge in [-0.15, -0.1) is 0 Å². The Hall–Kier alpha value is -3.80. The Labute approximate surface area is 188 Å². The Morgan fingerprint density at radius 2 is 1.81 bits per heavy atom. The number of methoxy groups -OCH3 is 1. The summed E-state index contributed by atoms with van der Waals surface area (Å²) in [5.41, 5.74) is 3.88. The SMILES string of the molecule is CC[C@H](NC(=O)/C(=C/c1ccco1)NC(=O)c1ccc(OC)cc1)c1ccc(C)c(C)c1. The Morgan fingerprint density at radius 3 is 2.41 bits per heavy atom. The van der Waals surface area contributed by atoms with Gasteiger partial charge in [0.2, 0.25) is 0 Å². The minimum atomic E-state index is -0.403.